The Labute approximate surface area is 89.6 Å². The predicted octanol–water partition coefficient (Wildman–Crippen LogP) is -0.368. The van der Waals surface area contributed by atoms with E-state index in [-0.39, 0.29) is 12.7 Å². The van der Waals surface area contributed by atoms with E-state index in [4.69, 9.17) is 14.6 Å². The van der Waals surface area contributed by atoms with Crippen molar-refractivity contribution in [2.75, 3.05) is 13.2 Å². The van der Waals surface area contributed by atoms with Crippen LogP contribution in [-0.2, 0) is 9.47 Å². The molecule has 0 aromatic carbocycles. The van der Waals surface area contributed by atoms with Crippen LogP contribution in [0.1, 0.15) is 26.2 Å². The second-order valence-electron chi connectivity index (χ2n) is 3.86. The Bertz CT molecular complexity index is 171. The highest BCUT2D eigenvalue weighted by Gasteiger charge is 2.32. The van der Waals surface area contributed by atoms with Gasteiger partial charge in [0.1, 0.15) is 6.10 Å². The van der Waals surface area contributed by atoms with Gasteiger partial charge in [0.2, 0.25) is 0 Å². The molecule has 0 aliphatic carbocycles. The zero-order valence-electron chi connectivity index (χ0n) is 9.00. The minimum Gasteiger partial charge on any atom is -0.394 e. The fourth-order valence-corrected chi connectivity index (χ4v) is 1.40. The van der Waals surface area contributed by atoms with E-state index in [2.05, 4.69) is 0 Å². The van der Waals surface area contributed by atoms with Crippen molar-refractivity contribution in [2.45, 2.75) is 50.8 Å². The molecule has 1 heterocycles. The van der Waals surface area contributed by atoms with Crippen molar-refractivity contribution in [1.29, 1.82) is 0 Å². The summed E-state index contributed by atoms with van der Waals surface area (Å²) in [5, 5.41) is 27.7. The van der Waals surface area contributed by atoms with Crippen molar-refractivity contribution >= 4 is 0 Å². The number of ether oxygens (including phenoxy) is 2. The molecular weight excluding hydrogens is 200 g/mol. The zero-order chi connectivity index (χ0) is 11.3. The maximum atomic E-state index is 9.47. The van der Waals surface area contributed by atoms with Crippen LogP contribution in [0.15, 0.2) is 0 Å². The zero-order valence-corrected chi connectivity index (χ0v) is 9.00. The molecule has 1 saturated heterocycles. The van der Waals surface area contributed by atoms with E-state index in [0.717, 1.165) is 6.42 Å². The Morgan fingerprint density at radius 3 is 2.60 bits per heavy atom. The van der Waals surface area contributed by atoms with Crippen LogP contribution in [0.2, 0.25) is 0 Å². The first-order chi connectivity index (χ1) is 7.17. The molecule has 1 rings (SSSR count). The lowest BCUT2D eigenvalue weighted by Gasteiger charge is -2.24. The second-order valence-corrected chi connectivity index (χ2v) is 3.86. The second kappa shape index (κ2) is 6.40. The molecule has 4 atom stereocenters. The van der Waals surface area contributed by atoms with E-state index in [1.807, 2.05) is 6.92 Å². The van der Waals surface area contributed by atoms with E-state index < -0.39 is 18.5 Å². The van der Waals surface area contributed by atoms with Gasteiger partial charge in [0.15, 0.2) is 6.29 Å². The Morgan fingerprint density at radius 2 is 2.13 bits per heavy atom. The number of rotatable bonds is 8. The Hall–Kier alpha value is -0.200. The van der Waals surface area contributed by atoms with Crippen LogP contribution in [0.25, 0.3) is 0 Å². The number of hydrogen-bond donors (Lipinski definition) is 3. The van der Waals surface area contributed by atoms with E-state index in [0.29, 0.717) is 19.4 Å². The van der Waals surface area contributed by atoms with Crippen molar-refractivity contribution in [3.63, 3.8) is 0 Å². The van der Waals surface area contributed by atoms with Crippen LogP contribution in [0.5, 0.6) is 0 Å². The number of aliphatic hydroxyl groups is 3. The molecule has 1 fully saturated rings. The van der Waals surface area contributed by atoms with Gasteiger partial charge >= 0.3 is 0 Å². The van der Waals surface area contributed by atoms with Crippen molar-refractivity contribution in [3.05, 3.63) is 0 Å². The summed E-state index contributed by atoms with van der Waals surface area (Å²) in [6, 6.07) is 0. The number of aliphatic hydroxyl groups excluding tert-OH is 3. The van der Waals surface area contributed by atoms with Crippen LogP contribution in [0.4, 0.5) is 0 Å². The highest BCUT2D eigenvalue weighted by Crippen LogP contribution is 2.20. The lowest BCUT2D eigenvalue weighted by atomic mass is 10.1. The molecule has 90 valence electrons. The van der Waals surface area contributed by atoms with Gasteiger partial charge in [-0.25, -0.2) is 0 Å². The van der Waals surface area contributed by atoms with E-state index in [9.17, 15) is 10.2 Å². The summed E-state index contributed by atoms with van der Waals surface area (Å²) in [4.78, 5) is 0. The maximum absolute atomic E-state index is 9.47. The Morgan fingerprint density at radius 1 is 1.47 bits per heavy atom. The van der Waals surface area contributed by atoms with Gasteiger partial charge < -0.3 is 24.8 Å². The third kappa shape index (κ3) is 4.90. The molecule has 3 N–H and O–H groups in total. The Kier molecular flexibility index (Phi) is 5.49. The first-order valence-electron chi connectivity index (χ1n) is 5.41. The summed E-state index contributed by atoms with van der Waals surface area (Å²) >= 11 is 0. The van der Waals surface area contributed by atoms with Crippen LogP contribution in [-0.4, -0.2) is 53.1 Å². The van der Waals surface area contributed by atoms with Crippen LogP contribution in [0, 0.1) is 0 Å². The minimum absolute atomic E-state index is 0.102. The molecule has 0 aromatic heterocycles. The third-order valence-corrected chi connectivity index (χ3v) is 2.38. The molecule has 0 saturated carbocycles. The third-order valence-electron chi connectivity index (χ3n) is 2.38. The van der Waals surface area contributed by atoms with Gasteiger partial charge in [-0.1, -0.05) is 13.3 Å². The van der Waals surface area contributed by atoms with Gasteiger partial charge in [-0.2, -0.15) is 0 Å². The molecule has 1 aliphatic rings. The van der Waals surface area contributed by atoms with Gasteiger partial charge in [-0.3, -0.25) is 0 Å². The topological polar surface area (TPSA) is 82.5 Å². The van der Waals surface area contributed by atoms with E-state index in [1.54, 1.807) is 0 Å². The van der Waals surface area contributed by atoms with Crippen molar-refractivity contribution in [1.82, 2.24) is 0 Å². The highest BCUT2D eigenvalue weighted by atomic mass is 16.6. The standard InChI is InChI=1S/C10H20O5/c1-2-3-10(13)15-9(8(12)5-11)4-7-6-14-7/h7-13H,2-6H2,1H3. The highest BCUT2D eigenvalue weighted by molar-refractivity contribution is 4.79. The molecule has 0 spiro atoms. The Balaban J connectivity index is 2.32. The van der Waals surface area contributed by atoms with Gasteiger partial charge in [-0.05, 0) is 6.42 Å². The maximum Gasteiger partial charge on any atom is 0.155 e. The first-order valence-corrected chi connectivity index (χ1v) is 5.41. The lowest BCUT2D eigenvalue weighted by molar-refractivity contribution is -0.175. The average Bonchev–Trinajstić information content (AvgIpc) is 3.00. The average molecular weight is 220 g/mol. The fraction of sp³-hybridized carbons (Fsp3) is 1.00. The van der Waals surface area contributed by atoms with Crippen molar-refractivity contribution < 1.29 is 24.8 Å². The van der Waals surface area contributed by atoms with Gasteiger partial charge in [-0.15, -0.1) is 0 Å². The summed E-state index contributed by atoms with van der Waals surface area (Å²) in [6.45, 7) is 2.24. The molecule has 4 unspecified atom stereocenters. The minimum atomic E-state index is -0.958. The fourth-order valence-electron chi connectivity index (χ4n) is 1.40. The molecule has 0 bridgehead atoms. The number of epoxide rings is 1. The monoisotopic (exact) mass is 220 g/mol. The molecule has 15 heavy (non-hydrogen) atoms. The van der Waals surface area contributed by atoms with Gasteiger partial charge in [0.25, 0.3) is 0 Å². The summed E-state index contributed by atoms with van der Waals surface area (Å²) < 4.78 is 10.3. The lowest BCUT2D eigenvalue weighted by Crippen LogP contribution is -2.36. The molecule has 0 radical (unpaired) electrons. The smallest absolute Gasteiger partial charge is 0.155 e. The summed E-state index contributed by atoms with van der Waals surface area (Å²) in [5.41, 5.74) is 0. The van der Waals surface area contributed by atoms with Gasteiger partial charge in [0.05, 0.1) is 25.4 Å². The van der Waals surface area contributed by atoms with Gasteiger partial charge in [0, 0.05) is 6.42 Å². The van der Waals surface area contributed by atoms with Crippen LogP contribution in [0.3, 0.4) is 0 Å². The van der Waals surface area contributed by atoms with Crippen molar-refractivity contribution in [2.24, 2.45) is 0 Å². The molecule has 0 aromatic rings. The van der Waals surface area contributed by atoms with Crippen molar-refractivity contribution in [3.8, 4) is 0 Å². The summed E-state index contributed by atoms with van der Waals surface area (Å²) in [7, 11) is 0. The van der Waals surface area contributed by atoms with Crippen LogP contribution < -0.4 is 0 Å². The van der Waals surface area contributed by atoms with Crippen LogP contribution >= 0.6 is 0 Å². The summed E-state index contributed by atoms with van der Waals surface area (Å²) in [5.74, 6) is 0. The van der Waals surface area contributed by atoms with E-state index in [1.165, 1.54) is 0 Å². The molecular formula is C10H20O5. The normalized spacial score (nSPS) is 26.0. The SMILES string of the molecule is CCCC(O)OC(CC1CO1)C(O)CO. The van der Waals surface area contributed by atoms with E-state index >= 15 is 0 Å². The summed E-state index contributed by atoms with van der Waals surface area (Å²) in [6.07, 6.45) is -0.430. The molecule has 5 nitrogen and oxygen atoms in total. The number of hydrogen-bond acceptors (Lipinski definition) is 5. The predicted molar refractivity (Wildman–Crippen MR) is 53.2 cm³/mol. The largest absolute Gasteiger partial charge is 0.394 e. The molecule has 0 amide bonds. The first kappa shape index (κ1) is 12.9. The quantitative estimate of drug-likeness (QED) is 0.384. The molecule has 1 aliphatic heterocycles. The molecule has 5 heteroatoms.